The van der Waals surface area contributed by atoms with Gasteiger partial charge in [0.25, 0.3) is 0 Å². The van der Waals surface area contributed by atoms with Gasteiger partial charge in [0.15, 0.2) is 0 Å². The monoisotopic (exact) mass is 353 g/mol. The lowest BCUT2D eigenvalue weighted by Gasteiger charge is -2.15. The van der Waals surface area contributed by atoms with Crippen molar-refractivity contribution in [2.45, 2.75) is 32.2 Å². The van der Waals surface area contributed by atoms with E-state index in [1.165, 1.54) is 0 Å². The van der Waals surface area contributed by atoms with Crippen molar-refractivity contribution >= 4 is 35.9 Å². The first kappa shape index (κ1) is 14.0. The van der Waals surface area contributed by atoms with Crippen LogP contribution in [0.25, 0.3) is 0 Å². The zero-order valence-electron chi connectivity index (χ0n) is 9.20. The van der Waals surface area contributed by atoms with Crippen LogP contribution in [-0.4, -0.2) is 27.7 Å². The lowest BCUT2D eigenvalue weighted by atomic mass is 10.0. The minimum atomic E-state index is -0.106. The number of aromatic amines is 1. The maximum Gasteiger partial charge on any atom is 0.150 e. The lowest BCUT2D eigenvalue weighted by Crippen LogP contribution is -2.38. The summed E-state index contributed by atoms with van der Waals surface area (Å²) in [5, 5.41) is 3.24. The highest BCUT2D eigenvalue weighted by Gasteiger charge is 2.17. The Balaban J connectivity index is 2.52. The molecule has 0 bridgehead atoms. The Morgan fingerprint density at radius 3 is 3.12 bits per heavy atom. The number of Topliss-reactive ketones (excluding diaryl/α,β-unsaturated/α-hetero) is 1. The first-order chi connectivity index (χ1) is 7.77. The molecule has 0 saturated carbocycles. The van der Waals surface area contributed by atoms with Crippen LogP contribution in [0.4, 0.5) is 0 Å². The third kappa shape index (κ3) is 4.84. The second kappa shape index (κ2) is 8.08. The number of rotatable bonds is 8. The molecular formula is C10H16IN3OS. The van der Waals surface area contributed by atoms with E-state index in [0.29, 0.717) is 12.8 Å². The smallest absolute Gasteiger partial charge is 0.150 e. The summed E-state index contributed by atoms with van der Waals surface area (Å²) in [6, 6.07) is -0.106. The van der Waals surface area contributed by atoms with Crippen molar-refractivity contribution in [2.24, 2.45) is 0 Å². The molecular weight excluding hydrogens is 337 g/mol. The second-order valence-corrected chi connectivity index (χ2v) is 5.87. The molecule has 16 heavy (non-hydrogen) atoms. The number of carbonyl (C=O) groups is 1. The van der Waals surface area contributed by atoms with Gasteiger partial charge in [-0.3, -0.25) is 10.1 Å². The van der Waals surface area contributed by atoms with Crippen LogP contribution in [0.1, 0.15) is 25.5 Å². The summed E-state index contributed by atoms with van der Waals surface area (Å²) in [5.41, 5.74) is 0.931. The number of nitrogens with zero attached hydrogens (tertiary/aromatic N) is 1. The Morgan fingerprint density at radius 2 is 2.56 bits per heavy atom. The molecule has 1 rings (SSSR count). The molecule has 0 aromatic carbocycles. The minimum absolute atomic E-state index is 0.106. The molecule has 4 nitrogen and oxygen atoms in total. The SMILES string of the molecule is CCCC(=O)[C@H](Cc1c[nH]cn1)NCSI. The van der Waals surface area contributed by atoms with Gasteiger partial charge in [0.1, 0.15) is 5.78 Å². The van der Waals surface area contributed by atoms with E-state index >= 15 is 0 Å². The molecule has 0 saturated heterocycles. The summed E-state index contributed by atoms with van der Waals surface area (Å²) in [4.78, 5) is 18.9. The average molecular weight is 353 g/mol. The fraction of sp³-hybridized carbons (Fsp3) is 0.600. The number of hydrogen-bond donors (Lipinski definition) is 2. The fourth-order valence-electron chi connectivity index (χ4n) is 1.46. The molecule has 0 aliphatic rings. The van der Waals surface area contributed by atoms with Crippen LogP contribution in [0.15, 0.2) is 12.5 Å². The zero-order chi connectivity index (χ0) is 11.8. The van der Waals surface area contributed by atoms with Gasteiger partial charge in [0.2, 0.25) is 0 Å². The first-order valence-corrected chi connectivity index (χ1v) is 8.78. The van der Waals surface area contributed by atoms with Gasteiger partial charge in [-0.2, -0.15) is 0 Å². The summed E-state index contributed by atoms with van der Waals surface area (Å²) < 4.78 is 0. The Labute approximate surface area is 112 Å². The molecule has 0 amide bonds. The molecule has 0 spiro atoms. The van der Waals surface area contributed by atoms with E-state index in [9.17, 15) is 4.79 Å². The molecule has 0 aliphatic carbocycles. The number of carbonyl (C=O) groups excluding carboxylic acids is 1. The summed E-state index contributed by atoms with van der Waals surface area (Å²) in [7, 11) is 1.66. The highest BCUT2D eigenvalue weighted by atomic mass is 127. The van der Waals surface area contributed by atoms with Gasteiger partial charge in [0, 0.05) is 19.0 Å². The van der Waals surface area contributed by atoms with Crippen LogP contribution in [-0.2, 0) is 11.2 Å². The lowest BCUT2D eigenvalue weighted by molar-refractivity contribution is -0.121. The van der Waals surface area contributed by atoms with Gasteiger partial charge in [0.05, 0.1) is 23.9 Å². The maximum absolute atomic E-state index is 11.9. The summed E-state index contributed by atoms with van der Waals surface area (Å²) in [6.45, 7) is 2.02. The van der Waals surface area contributed by atoms with E-state index in [4.69, 9.17) is 0 Å². The molecule has 0 radical (unpaired) electrons. The highest BCUT2D eigenvalue weighted by molar-refractivity contribution is 14.2. The van der Waals surface area contributed by atoms with E-state index in [1.54, 1.807) is 15.3 Å². The molecule has 1 aromatic heterocycles. The topological polar surface area (TPSA) is 57.8 Å². The number of halogens is 1. The standard InChI is InChI=1S/C10H16IN3OS/c1-2-3-10(15)9(14-7-16-11)4-8-5-12-6-13-8/h5-6,9,14H,2-4,7H2,1H3,(H,12,13)/t9-/m0/s1. The van der Waals surface area contributed by atoms with Gasteiger partial charge >= 0.3 is 0 Å². The zero-order valence-corrected chi connectivity index (χ0v) is 12.2. The van der Waals surface area contributed by atoms with Crippen molar-refractivity contribution in [3.8, 4) is 0 Å². The summed E-state index contributed by atoms with van der Waals surface area (Å²) >= 11 is 2.22. The van der Waals surface area contributed by atoms with Gasteiger partial charge in [-0.15, -0.1) is 0 Å². The van der Waals surface area contributed by atoms with Gasteiger partial charge in [-0.25, -0.2) is 4.98 Å². The van der Waals surface area contributed by atoms with Gasteiger partial charge in [-0.05, 0) is 27.6 Å². The quantitative estimate of drug-likeness (QED) is 0.556. The van der Waals surface area contributed by atoms with E-state index in [2.05, 4.69) is 36.5 Å². The van der Waals surface area contributed by atoms with Gasteiger partial charge in [-0.1, -0.05) is 15.9 Å². The number of hydrogen-bond acceptors (Lipinski definition) is 4. The number of ketones is 1. The molecule has 1 atom stereocenters. The molecule has 90 valence electrons. The van der Waals surface area contributed by atoms with Crippen LogP contribution in [0, 0.1) is 0 Å². The van der Waals surface area contributed by atoms with E-state index in [0.717, 1.165) is 18.0 Å². The molecule has 1 heterocycles. The Bertz CT molecular complexity index is 305. The largest absolute Gasteiger partial charge is 0.351 e. The molecule has 0 aliphatic heterocycles. The predicted octanol–water partition coefficient (Wildman–Crippen LogP) is 2.32. The van der Waals surface area contributed by atoms with Crippen LogP contribution < -0.4 is 5.32 Å². The van der Waals surface area contributed by atoms with Crippen molar-refractivity contribution in [2.75, 3.05) is 5.88 Å². The minimum Gasteiger partial charge on any atom is -0.351 e. The molecule has 2 N–H and O–H groups in total. The second-order valence-electron chi connectivity index (χ2n) is 3.49. The summed E-state index contributed by atoms with van der Waals surface area (Å²) in [5.74, 6) is 1.06. The Morgan fingerprint density at radius 1 is 1.75 bits per heavy atom. The third-order valence-corrected chi connectivity index (χ3v) is 3.45. The number of H-pyrrole nitrogens is 1. The van der Waals surface area contributed by atoms with Crippen molar-refractivity contribution in [1.29, 1.82) is 0 Å². The maximum atomic E-state index is 11.9. The molecule has 6 heteroatoms. The van der Waals surface area contributed by atoms with Crippen molar-refractivity contribution in [3.63, 3.8) is 0 Å². The summed E-state index contributed by atoms with van der Waals surface area (Å²) in [6.07, 6.45) is 5.68. The normalized spacial score (nSPS) is 12.6. The van der Waals surface area contributed by atoms with Crippen molar-refractivity contribution < 1.29 is 4.79 Å². The van der Waals surface area contributed by atoms with Crippen molar-refractivity contribution in [3.05, 3.63) is 18.2 Å². The third-order valence-electron chi connectivity index (χ3n) is 2.24. The average Bonchev–Trinajstić information content (AvgIpc) is 2.77. The molecule has 1 aromatic rings. The van der Waals surface area contributed by atoms with Crippen LogP contribution in [0.2, 0.25) is 0 Å². The van der Waals surface area contributed by atoms with Crippen LogP contribution >= 0.6 is 30.1 Å². The highest BCUT2D eigenvalue weighted by Crippen LogP contribution is 2.10. The van der Waals surface area contributed by atoms with Gasteiger partial charge < -0.3 is 4.98 Å². The number of aromatic nitrogens is 2. The van der Waals surface area contributed by atoms with Crippen LogP contribution in [0.5, 0.6) is 0 Å². The number of nitrogens with one attached hydrogen (secondary N) is 2. The Hall–Kier alpha value is -0.0800. The van der Waals surface area contributed by atoms with Crippen LogP contribution in [0.3, 0.4) is 0 Å². The van der Waals surface area contributed by atoms with E-state index in [-0.39, 0.29) is 11.8 Å². The predicted molar refractivity (Wildman–Crippen MR) is 75.6 cm³/mol. The van der Waals surface area contributed by atoms with E-state index < -0.39 is 0 Å². The fourth-order valence-corrected chi connectivity index (χ4v) is 2.27. The molecule has 0 unspecified atom stereocenters. The molecule has 0 fully saturated rings. The first-order valence-electron chi connectivity index (χ1n) is 5.25. The number of imidazole rings is 1. The van der Waals surface area contributed by atoms with Crippen molar-refractivity contribution in [1.82, 2.24) is 15.3 Å². The van der Waals surface area contributed by atoms with E-state index in [1.807, 2.05) is 13.1 Å². The Kier molecular flexibility index (Phi) is 7.06.